The quantitative estimate of drug-likeness (QED) is 0.742. The molecule has 2 rings (SSSR count). The molecule has 1 aliphatic carbocycles. The molecule has 0 unspecified atom stereocenters. The van der Waals surface area contributed by atoms with E-state index in [1.54, 1.807) is 0 Å². The Bertz CT molecular complexity index is 321. The molecule has 0 aliphatic heterocycles. The van der Waals surface area contributed by atoms with Crippen LogP contribution in [0.25, 0.3) is 0 Å². The first-order valence-electron chi connectivity index (χ1n) is 5.84. The summed E-state index contributed by atoms with van der Waals surface area (Å²) in [7, 11) is 0. The second-order valence-electron chi connectivity index (χ2n) is 4.37. The standard InChI is InChI=1S/C13H17BrClN/c14-12-6-4-11(5-7-12)10-16(9-8-15)13-2-1-3-13/h4-7,13H,1-3,8-10H2. The summed E-state index contributed by atoms with van der Waals surface area (Å²) in [6.45, 7) is 2.03. The van der Waals surface area contributed by atoms with E-state index in [-0.39, 0.29) is 0 Å². The van der Waals surface area contributed by atoms with Gasteiger partial charge >= 0.3 is 0 Å². The van der Waals surface area contributed by atoms with E-state index in [1.165, 1.54) is 24.8 Å². The molecule has 16 heavy (non-hydrogen) atoms. The van der Waals surface area contributed by atoms with Gasteiger partial charge in [0.2, 0.25) is 0 Å². The third-order valence-electron chi connectivity index (χ3n) is 3.26. The Morgan fingerprint density at radius 1 is 1.25 bits per heavy atom. The first kappa shape index (κ1) is 12.4. The summed E-state index contributed by atoms with van der Waals surface area (Å²) in [5, 5.41) is 0. The number of benzene rings is 1. The highest BCUT2D eigenvalue weighted by Gasteiger charge is 2.24. The van der Waals surface area contributed by atoms with E-state index in [2.05, 4.69) is 45.1 Å². The predicted octanol–water partition coefficient (Wildman–Crippen LogP) is 4.04. The lowest BCUT2D eigenvalue weighted by Crippen LogP contribution is -2.40. The van der Waals surface area contributed by atoms with E-state index in [4.69, 9.17) is 11.6 Å². The molecule has 0 atom stereocenters. The van der Waals surface area contributed by atoms with Crippen LogP contribution in [0.15, 0.2) is 28.7 Å². The minimum atomic E-state index is 0.729. The number of rotatable bonds is 5. The second kappa shape index (κ2) is 6.04. The van der Waals surface area contributed by atoms with E-state index in [9.17, 15) is 0 Å². The van der Waals surface area contributed by atoms with E-state index in [0.29, 0.717) is 0 Å². The van der Waals surface area contributed by atoms with Crippen molar-refractivity contribution in [3.63, 3.8) is 0 Å². The molecule has 3 heteroatoms. The monoisotopic (exact) mass is 301 g/mol. The van der Waals surface area contributed by atoms with Crippen molar-refractivity contribution < 1.29 is 0 Å². The first-order valence-corrected chi connectivity index (χ1v) is 7.17. The summed E-state index contributed by atoms with van der Waals surface area (Å²) in [5.41, 5.74) is 1.38. The summed E-state index contributed by atoms with van der Waals surface area (Å²) >= 11 is 9.33. The predicted molar refractivity (Wildman–Crippen MR) is 72.9 cm³/mol. The van der Waals surface area contributed by atoms with Gasteiger partial charge in [0.1, 0.15) is 0 Å². The van der Waals surface area contributed by atoms with Crippen LogP contribution in [-0.2, 0) is 6.54 Å². The Labute approximate surface area is 111 Å². The third-order valence-corrected chi connectivity index (χ3v) is 3.96. The van der Waals surface area contributed by atoms with Crippen LogP contribution >= 0.6 is 27.5 Å². The van der Waals surface area contributed by atoms with Gasteiger partial charge < -0.3 is 0 Å². The van der Waals surface area contributed by atoms with Crippen LogP contribution < -0.4 is 0 Å². The van der Waals surface area contributed by atoms with Crippen LogP contribution in [-0.4, -0.2) is 23.4 Å². The lowest BCUT2D eigenvalue weighted by molar-refractivity contribution is 0.127. The van der Waals surface area contributed by atoms with E-state index >= 15 is 0 Å². The van der Waals surface area contributed by atoms with Crippen LogP contribution in [0.4, 0.5) is 0 Å². The maximum Gasteiger partial charge on any atom is 0.0351 e. The van der Waals surface area contributed by atoms with Gasteiger partial charge in [-0.2, -0.15) is 0 Å². The zero-order valence-electron chi connectivity index (χ0n) is 9.33. The fourth-order valence-electron chi connectivity index (χ4n) is 2.08. The van der Waals surface area contributed by atoms with Crippen molar-refractivity contribution in [2.24, 2.45) is 0 Å². The molecular formula is C13H17BrClN. The van der Waals surface area contributed by atoms with Crippen molar-refractivity contribution in [3.05, 3.63) is 34.3 Å². The molecule has 1 saturated carbocycles. The maximum atomic E-state index is 5.86. The van der Waals surface area contributed by atoms with Crippen LogP contribution in [0, 0.1) is 0 Å². The Morgan fingerprint density at radius 3 is 2.44 bits per heavy atom. The van der Waals surface area contributed by atoms with E-state index in [1.807, 2.05) is 0 Å². The second-order valence-corrected chi connectivity index (χ2v) is 5.66. The van der Waals surface area contributed by atoms with Crippen LogP contribution in [0.1, 0.15) is 24.8 Å². The zero-order chi connectivity index (χ0) is 11.4. The molecular weight excluding hydrogens is 286 g/mol. The van der Waals surface area contributed by atoms with Gasteiger partial charge in [-0.1, -0.05) is 34.5 Å². The Balaban J connectivity index is 1.96. The fourth-order valence-corrected chi connectivity index (χ4v) is 2.56. The smallest absolute Gasteiger partial charge is 0.0351 e. The fraction of sp³-hybridized carbons (Fsp3) is 0.538. The maximum absolute atomic E-state index is 5.86. The molecule has 0 amide bonds. The molecule has 0 aromatic heterocycles. The molecule has 1 fully saturated rings. The van der Waals surface area contributed by atoms with Crippen molar-refractivity contribution in [2.45, 2.75) is 31.8 Å². The summed E-state index contributed by atoms with van der Waals surface area (Å²) < 4.78 is 1.14. The van der Waals surface area contributed by atoms with Crippen molar-refractivity contribution in [1.82, 2.24) is 4.90 Å². The average Bonchev–Trinajstić information content (AvgIpc) is 2.19. The number of nitrogens with zero attached hydrogens (tertiary/aromatic N) is 1. The topological polar surface area (TPSA) is 3.24 Å². The number of hydrogen-bond acceptors (Lipinski definition) is 1. The SMILES string of the molecule is ClCCN(Cc1ccc(Br)cc1)C1CCC1. The van der Waals surface area contributed by atoms with Gasteiger partial charge in [-0.05, 0) is 30.5 Å². The summed E-state index contributed by atoms with van der Waals surface area (Å²) in [5.74, 6) is 0.729. The summed E-state index contributed by atoms with van der Waals surface area (Å²) in [4.78, 5) is 2.51. The zero-order valence-corrected chi connectivity index (χ0v) is 11.7. The van der Waals surface area contributed by atoms with E-state index in [0.717, 1.165) is 29.5 Å². The van der Waals surface area contributed by atoms with Crippen molar-refractivity contribution in [2.75, 3.05) is 12.4 Å². The molecule has 1 aromatic rings. The van der Waals surface area contributed by atoms with Crippen molar-refractivity contribution >= 4 is 27.5 Å². The molecule has 0 saturated heterocycles. The summed E-state index contributed by atoms with van der Waals surface area (Å²) in [6.07, 6.45) is 4.06. The summed E-state index contributed by atoms with van der Waals surface area (Å²) in [6, 6.07) is 9.35. The van der Waals surface area contributed by atoms with Gasteiger partial charge in [0.15, 0.2) is 0 Å². The highest BCUT2D eigenvalue weighted by Crippen LogP contribution is 2.26. The van der Waals surface area contributed by atoms with E-state index < -0.39 is 0 Å². The molecule has 1 aromatic carbocycles. The van der Waals surface area contributed by atoms with Crippen LogP contribution in [0.5, 0.6) is 0 Å². The molecule has 1 aliphatic rings. The Morgan fingerprint density at radius 2 is 1.94 bits per heavy atom. The highest BCUT2D eigenvalue weighted by atomic mass is 79.9. The normalized spacial score (nSPS) is 16.4. The average molecular weight is 303 g/mol. The van der Waals surface area contributed by atoms with Gasteiger partial charge in [0, 0.05) is 29.5 Å². The van der Waals surface area contributed by atoms with Crippen LogP contribution in [0.2, 0.25) is 0 Å². The largest absolute Gasteiger partial charge is 0.295 e. The lowest BCUT2D eigenvalue weighted by atomic mass is 9.91. The van der Waals surface area contributed by atoms with Gasteiger partial charge in [0.25, 0.3) is 0 Å². The molecule has 0 bridgehead atoms. The molecule has 0 N–H and O–H groups in total. The Kier molecular flexibility index (Phi) is 4.68. The van der Waals surface area contributed by atoms with Gasteiger partial charge in [0.05, 0.1) is 0 Å². The molecule has 0 heterocycles. The van der Waals surface area contributed by atoms with Crippen molar-refractivity contribution in [3.8, 4) is 0 Å². The Hall–Kier alpha value is -0.0500. The van der Waals surface area contributed by atoms with Gasteiger partial charge in [-0.25, -0.2) is 0 Å². The van der Waals surface area contributed by atoms with Crippen molar-refractivity contribution in [1.29, 1.82) is 0 Å². The lowest BCUT2D eigenvalue weighted by Gasteiger charge is -2.37. The number of alkyl halides is 1. The van der Waals surface area contributed by atoms with Gasteiger partial charge in [-0.3, -0.25) is 4.90 Å². The molecule has 0 radical (unpaired) electrons. The van der Waals surface area contributed by atoms with Gasteiger partial charge in [-0.15, -0.1) is 11.6 Å². The molecule has 88 valence electrons. The minimum Gasteiger partial charge on any atom is -0.295 e. The third kappa shape index (κ3) is 3.22. The first-order chi connectivity index (χ1) is 7.79. The highest BCUT2D eigenvalue weighted by molar-refractivity contribution is 9.10. The number of halogens is 2. The van der Waals surface area contributed by atoms with Crippen LogP contribution in [0.3, 0.4) is 0 Å². The molecule has 1 nitrogen and oxygen atoms in total. The molecule has 0 spiro atoms. The number of hydrogen-bond donors (Lipinski definition) is 0. The minimum absolute atomic E-state index is 0.729.